The largest absolute Gasteiger partial charge is 0.493 e. The molecule has 0 saturated carbocycles. The molecule has 122 valence electrons. The number of allylic oxidation sites excluding steroid dienone is 1. The van der Waals surface area contributed by atoms with Gasteiger partial charge in [0.25, 0.3) is 0 Å². The predicted octanol–water partition coefficient (Wildman–Crippen LogP) is 5.18. The minimum absolute atomic E-state index is 0.223. The maximum Gasteiger partial charge on any atom is 0.221 e. The van der Waals surface area contributed by atoms with Crippen LogP contribution in [-0.4, -0.2) is 12.4 Å². The van der Waals surface area contributed by atoms with Crippen LogP contribution in [0, 0.1) is 12.7 Å². The lowest BCUT2D eigenvalue weighted by molar-refractivity contribution is 0.102. The van der Waals surface area contributed by atoms with Crippen LogP contribution in [0.4, 0.5) is 4.39 Å². The Bertz CT molecular complexity index is 922. The summed E-state index contributed by atoms with van der Waals surface area (Å²) in [6.45, 7) is 4.20. The molecule has 0 spiro atoms. The van der Waals surface area contributed by atoms with Gasteiger partial charge in [-0.3, -0.25) is 4.79 Å². The van der Waals surface area contributed by atoms with Gasteiger partial charge in [-0.1, -0.05) is 18.2 Å². The standard InChI is InChI=1S/C20H17FO3/c1-3-23-18-7-5-4-6-14(18)8-10-17(22)20-13(2)16-12-15(21)9-11-19(16)24-20/h4-12H,3H2,1-2H3. The molecule has 0 aliphatic rings. The summed E-state index contributed by atoms with van der Waals surface area (Å²) >= 11 is 0. The quantitative estimate of drug-likeness (QED) is 0.480. The minimum atomic E-state index is -0.355. The first-order valence-corrected chi connectivity index (χ1v) is 7.73. The molecule has 0 saturated heterocycles. The summed E-state index contributed by atoms with van der Waals surface area (Å²) in [6.07, 6.45) is 3.14. The van der Waals surface area contributed by atoms with E-state index in [2.05, 4.69) is 0 Å². The van der Waals surface area contributed by atoms with E-state index in [4.69, 9.17) is 9.15 Å². The van der Waals surface area contributed by atoms with Crippen LogP contribution in [0.3, 0.4) is 0 Å². The van der Waals surface area contributed by atoms with Crippen LogP contribution in [-0.2, 0) is 0 Å². The molecule has 0 bridgehead atoms. The minimum Gasteiger partial charge on any atom is -0.493 e. The number of ketones is 1. The number of hydrogen-bond acceptors (Lipinski definition) is 3. The smallest absolute Gasteiger partial charge is 0.221 e. The van der Waals surface area contributed by atoms with Gasteiger partial charge < -0.3 is 9.15 Å². The molecular weight excluding hydrogens is 307 g/mol. The van der Waals surface area contributed by atoms with Crippen molar-refractivity contribution in [2.24, 2.45) is 0 Å². The predicted molar refractivity (Wildman–Crippen MR) is 91.9 cm³/mol. The molecule has 0 atom stereocenters. The third-order valence-electron chi connectivity index (χ3n) is 3.76. The maximum atomic E-state index is 13.4. The second-order valence-corrected chi connectivity index (χ2v) is 5.37. The molecule has 3 aromatic rings. The molecule has 24 heavy (non-hydrogen) atoms. The summed E-state index contributed by atoms with van der Waals surface area (Å²) in [4.78, 5) is 12.4. The van der Waals surface area contributed by atoms with Crippen molar-refractivity contribution >= 4 is 22.8 Å². The number of ether oxygens (including phenoxy) is 1. The van der Waals surface area contributed by atoms with Gasteiger partial charge in [0, 0.05) is 16.5 Å². The van der Waals surface area contributed by atoms with Crippen molar-refractivity contribution in [2.75, 3.05) is 6.61 Å². The van der Waals surface area contributed by atoms with Gasteiger partial charge in [-0.2, -0.15) is 0 Å². The molecule has 0 aliphatic heterocycles. The van der Waals surface area contributed by atoms with Crippen LogP contribution < -0.4 is 4.74 Å². The summed E-state index contributed by atoms with van der Waals surface area (Å²) in [7, 11) is 0. The van der Waals surface area contributed by atoms with Gasteiger partial charge in [-0.25, -0.2) is 4.39 Å². The Labute approximate surface area is 139 Å². The number of halogens is 1. The van der Waals surface area contributed by atoms with Gasteiger partial charge in [0.2, 0.25) is 5.78 Å². The number of furan rings is 1. The summed E-state index contributed by atoms with van der Waals surface area (Å²) in [6, 6.07) is 11.7. The van der Waals surface area contributed by atoms with E-state index < -0.39 is 0 Å². The first kappa shape index (κ1) is 16.0. The first-order valence-electron chi connectivity index (χ1n) is 7.73. The molecule has 1 heterocycles. The molecule has 0 aliphatic carbocycles. The van der Waals surface area contributed by atoms with Crippen molar-refractivity contribution in [3.05, 3.63) is 71.2 Å². The number of aryl methyl sites for hydroxylation is 1. The highest BCUT2D eigenvalue weighted by atomic mass is 19.1. The zero-order valence-corrected chi connectivity index (χ0v) is 13.5. The van der Waals surface area contributed by atoms with Crippen molar-refractivity contribution in [1.29, 1.82) is 0 Å². The van der Waals surface area contributed by atoms with Crippen LogP contribution in [0.15, 0.2) is 53.0 Å². The summed E-state index contributed by atoms with van der Waals surface area (Å²) in [5.41, 5.74) is 1.95. The third kappa shape index (κ3) is 3.08. The van der Waals surface area contributed by atoms with Gasteiger partial charge in [0.1, 0.15) is 17.1 Å². The molecule has 3 rings (SSSR count). The van der Waals surface area contributed by atoms with E-state index in [0.29, 0.717) is 28.9 Å². The Morgan fingerprint density at radius 3 is 2.83 bits per heavy atom. The van der Waals surface area contributed by atoms with E-state index in [1.54, 1.807) is 13.0 Å². The first-order chi connectivity index (χ1) is 11.6. The Morgan fingerprint density at radius 2 is 2.04 bits per heavy atom. The number of carbonyl (C=O) groups excluding carboxylic acids is 1. The number of fused-ring (bicyclic) bond motifs is 1. The van der Waals surface area contributed by atoms with Crippen molar-refractivity contribution in [3.63, 3.8) is 0 Å². The summed E-state index contributed by atoms with van der Waals surface area (Å²) in [5.74, 6) is 0.315. The van der Waals surface area contributed by atoms with Gasteiger partial charge >= 0.3 is 0 Å². The van der Waals surface area contributed by atoms with Gasteiger partial charge in [0.05, 0.1) is 6.61 Å². The summed E-state index contributed by atoms with van der Waals surface area (Å²) < 4.78 is 24.5. The van der Waals surface area contributed by atoms with Crippen molar-refractivity contribution in [3.8, 4) is 5.75 Å². The van der Waals surface area contributed by atoms with Gasteiger partial charge in [0.15, 0.2) is 5.76 Å². The highest BCUT2D eigenvalue weighted by molar-refractivity contribution is 6.08. The number of benzene rings is 2. The summed E-state index contributed by atoms with van der Waals surface area (Å²) in [5, 5.41) is 0.612. The molecule has 1 aromatic heterocycles. The molecule has 0 radical (unpaired) electrons. The van der Waals surface area contributed by atoms with E-state index in [1.807, 2.05) is 31.2 Å². The fraction of sp³-hybridized carbons (Fsp3) is 0.150. The molecule has 4 heteroatoms. The van der Waals surface area contributed by atoms with Crippen LogP contribution in [0.5, 0.6) is 5.75 Å². The third-order valence-corrected chi connectivity index (χ3v) is 3.76. The van der Waals surface area contributed by atoms with Crippen LogP contribution in [0.1, 0.15) is 28.6 Å². The molecule has 0 N–H and O–H groups in total. The number of para-hydroxylation sites is 1. The molecule has 2 aromatic carbocycles. The van der Waals surface area contributed by atoms with Gasteiger partial charge in [-0.05, 0) is 50.3 Å². The Hall–Kier alpha value is -2.88. The lowest BCUT2D eigenvalue weighted by Crippen LogP contribution is -1.96. The lowest BCUT2D eigenvalue weighted by atomic mass is 10.1. The number of carbonyl (C=O) groups is 1. The fourth-order valence-electron chi connectivity index (χ4n) is 2.57. The zero-order chi connectivity index (χ0) is 17.1. The molecule has 0 fully saturated rings. The van der Waals surface area contributed by atoms with Gasteiger partial charge in [-0.15, -0.1) is 0 Å². The van der Waals surface area contributed by atoms with Crippen LogP contribution in [0.2, 0.25) is 0 Å². The average Bonchev–Trinajstić information content (AvgIpc) is 2.91. The lowest BCUT2D eigenvalue weighted by Gasteiger charge is -2.05. The van der Waals surface area contributed by atoms with Crippen molar-refractivity contribution in [1.82, 2.24) is 0 Å². The second-order valence-electron chi connectivity index (χ2n) is 5.37. The number of rotatable bonds is 5. The Kier molecular flexibility index (Phi) is 4.47. The zero-order valence-electron chi connectivity index (χ0n) is 13.5. The fourth-order valence-corrected chi connectivity index (χ4v) is 2.57. The molecular formula is C20H17FO3. The molecule has 0 amide bonds. The van der Waals surface area contributed by atoms with E-state index in [1.165, 1.54) is 24.3 Å². The molecule has 0 unspecified atom stereocenters. The second kappa shape index (κ2) is 6.71. The number of hydrogen-bond donors (Lipinski definition) is 0. The average molecular weight is 324 g/mol. The highest BCUT2D eigenvalue weighted by Crippen LogP contribution is 2.27. The van der Waals surface area contributed by atoms with Crippen molar-refractivity contribution in [2.45, 2.75) is 13.8 Å². The van der Waals surface area contributed by atoms with E-state index in [-0.39, 0.29) is 17.4 Å². The Balaban J connectivity index is 1.92. The van der Waals surface area contributed by atoms with E-state index in [0.717, 1.165) is 5.56 Å². The molecule has 3 nitrogen and oxygen atoms in total. The maximum absolute atomic E-state index is 13.4. The Morgan fingerprint density at radius 1 is 1.25 bits per heavy atom. The van der Waals surface area contributed by atoms with E-state index in [9.17, 15) is 9.18 Å². The van der Waals surface area contributed by atoms with Crippen molar-refractivity contribution < 1.29 is 18.3 Å². The van der Waals surface area contributed by atoms with Crippen LogP contribution >= 0.6 is 0 Å². The monoisotopic (exact) mass is 324 g/mol. The van der Waals surface area contributed by atoms with E-state index >= 15 is 0 Å². The highest BCUT2D eigenvalue weighted by Gasteiger charge is 2.16. The normalized spacial score (nSPS) is 11.3. The SMILES string of the molecule is CCOc1ccccc1C=CC(=O)c1oc2ccc(F)cc2c1C. The topological polar surface area (TPSA) is 39.4 Å². The van der Waals surface area contributed by atoms with Crippen LogP contribution in [0.25, 0.3) is 17.0 Å².